The van der Waals surface area contributed by atoms with Gasteiger partial charge >= 0.3 is 0 Å². The van der Waals surface area contributed by atoms with E-state index in [4.69, 9.17) is 0 Å². The number of hydrogen-bond acceptors (Lipinski definition) is 2. The second-order valence-corrected chi connectivity index (χ2v) is 6.33. The number of benzene rings is 1. The van der Waals surface area contributed by atoms with Gasteiger partial charge in [0.1, 0.15) is 0 Å². The number of aryl methyl sites for hydroxylation is 1. The zero-order chi connectivity index (χ0) is 13.2. The molecule has 104 valence electrons. The van der Waals surface area contributed by atoms with E-state index in [9.17, 15) is 5.11 Å². The van der Waals surface area contributed by atoms with Crippen molar-refractivity contribution in [3.05, 3.63) is 29.3 Å². The molecule has 2 nitrogen and oxygen atoms in total. The molecule has 1 aromatic rings. The van der Waals surface area contributed by atoms with Crippen molar-refractivity contribution >= 4 is 5.69 Å². The van der Waals surface area contributed by atoms with Crippen LogP contribution in [0.5, 0.6) is 0 Å². The van der Waals surface area contributed by atoms with Gasteiger partial charge in [0.05, 0.1) is 6.61 Å². The molecule has 1 aliphatic heterocycles. The summed E-state index contributed by atoms with van der Waals surface area (Å²) in [4.78, 5) is 2.51. The lowest BCUT2D eigenvalue weighted by Gasteiger charge is -2.42. The summed E-state index contributed by atoms with van der Waals surface area (Å²) in [6, 6.07) is 6.49. The number of hydrogen-bond donors (Lipinski definition) is 1. The lowest BCUT2D eigenvalue weighted by molar-refractivity contribution is 0.202. The first-order valence-electron chi connectivity index (χ1n) is 7.73. The van der Waals surface area contributed by atoms with E-state index in [1.54, 1.807) is 0 Å². The van der Waals surface area contributed by atoms with E-state index in [-0.39, 0.29) is 6.61 Å². The summed E-state index contributed by atoms with van der Waals surface area (Å²) < 4.78 is 0. The minimum Gasteiger partial charge on any atom is -0.392 e. The maximum absolute atomic E-state index is 9.58. The Kier molecular flexibility index (Phi) is 3.79. The van der Waals surface area contributed by atoms with Gasteiger partial charge in [-0.3, -0.25) is 0 Å². The zero-order valence-electron chi connectivity index (χ0n) is 11.9. The first kappa shape index (κ1) is 13.0. The van der Waals surface area contributed by atoms with Gasteiger partial charge in [0.25, 0.3) is 0 Å². The van der Waals surface area contributed by atoms with Crippen molar-refractivity contribution in [2.24, 2.45) is 11.8 Å². The van der Waals surface area contributed by atoms with Crippen LogP contribution in [-0.4, -0.2) is 18.2 Å². The molecule has 1 aromatic carbocycles. The SMILES string of the molecule is Cc1ccc(N2CCC3CCCCC3C2)c(CO)c1. The monoisotopic (exact) mass is 259 g/mol. The highest BCUT2D eigenvalue weighted by molar-refractivity contribution is 5.55. The smallest absolute Gasteiger partial charge is 0.0702 e. The summed E-state index contributed by atoms with van der Waals surface area (Å²) in [6.45, 7) is 4.61. The van der Waals surface area contributed by atoms with Crippen LogP contribution < -0.4 is 4.90 Å². The van der Waals surface area contributed by atoms with Gasteiger partial charge in [-0.05, 0) is 37.7 Å². The van der Waals surface area contributed by atoms with E-state index in [2.05, 4.69) is 30.0 Å². The minimum absolute atomic E-state index is 0.154. The first-order chi connectivity index (χ1) is 9.28. The topological polar surface area (TPSA) is 23.5 Å². The zero-order valence-corrected chi connectivity index (χ0v) is 11.9. The summed E-state index contributed by atoms with van der Waals surface area (Å²) in [7, 11) is 0. The molecule has 1 aliphatic carbocycles. The summed E-state index contributed by atoms with van der Waals surface area (Å²) in [5.41, 5.74) is 3.59. The molecule has 1 saturated carbocycles. The molecule has 2 fully saturated rings. The number of piperidine rings is 1. The van der Waals surface area contributed by atoms with Gasteiger partial charge < -0.3 is 10.0 Å². The first-order valence-corrected chi connectivity index (χ1v) is 7.73. The predicted molar refractivity (Wildman–Crippen MR) is 79.4 cm³/mol. The molecule has 2 unspecified atom stereocenters. The fourth-order valence-electron chi connectivity index (χ4n) is 3.97. The van der Waals surface area contributed by atoms with E-state index in [0.717, 1.165) is 23.9 Å². The molecule has 2 aliphatic rings. The molecule has 2 atom stereocenters. The van der Waals surface area contributed by atoms with Crippen LogP contribution in [0, 0.1) is 18.8 Å². The van der Waals surface area contributed by atoms with Crippen LogP contribution in [0.15, 0.2) is 18.2 Å². The molecule has 0 spiro atoms. The largest absolute Gasteiger partial charge is 0.392 e. The fraction of sp³-hybridized carbons (Fsp3) is 0.647. The van der Waals surface area contributed by atoms with Gasteiger partial charge in [-0.2, -0.15) is 0 Å². The molecule has 1 N–H and O–H groups in total. The van der Waals surface area contributed by atoms with Crippen molar-refractivity contribution in [3.8, 4) is 0 Å². The predicted octanol–water partition coefficient (Wildman–Crippen LogP) is 3.50. The third-order valence-electron chi connectivity index (χ3n) is 5.04. The van der Waals surface area contributed by atoms with E-state index in [1.807, 2.05) is 0 Å². The van der Waals surface area contributed by atoms with Crippen molar-refractivity contribution in [1.82, 2.24) is 0 Å². The molecule has 0 amide bonds. The minimum atomic E-state index is 0.154. The highest BCUT2D eigenvalue weighted by Gasteiger charge is 2.31. The van der Waals surface area contributed by atoms with Crippen molar-refractivity contribution in [2.75, 3.05) is 18.0 Å². The standard InChI is InChI=1S/C17H25NO/c1-13-6-7-17(16(10-13)12-19)18-9-8-14-4-2-3-5-15(14)11-18/h6-7,10,14-15,19H,2-5,8-9,11-12H2,1H3. The average molecular weight is 259 g/mol. The van der Waals surface area contributed by atoms with E-state index < -0.39 is 0 Å². The maximum atomic E-state index is 9.58. The van der Waals surface area contributed by atoms with Gasteiger partial charge in [-0.25, -0.2) is 0 Å². The average Bonchev–Trinajstić information content (AvgIpc) is 2.46. The Hall–Kier alpha value is -1.02. The Morgan fingerprint density at radius 2 is 1.95 bits per heavy atom. The molecule has 3 rings (SSSR count). The van der Waals surface area contributed by atoms with Crippen molar-refractivity contribution < 1.29 is 5.11 Å². The van der Waals surface area contributed by atoms with Gasteiger partial charge in [0.15, 0.2) is 0 Å². The number of aliphatic hydroxyl groups is 1. The van der Waals surface area contributed by atoms with Gasteiger partial charge in [-0.15, -0.1) is 0 Å². The normalized spacial score (nSPS) is 27.2. The molecule has 19 heavy (non-hydrogen) atoms. The Morgan fingerprint density at radius 1 is 1.16 bits per heavy atom. The van der Waals surface area contributed by atoms with Crippen LogP contribution in [0.25, 0.3) is 0 Å². The Labute approximate surface area is 116 Å². The van der Waals surface area contributed by atoms with Gasteiger partial charge in [0, 0.05) is 24.3 Å². The summed E-state index contributed by atoms with van der Waals surface area (Å²) in [5, 5.41) is 9.58. The van der Waals surface area contributed by atoms with Crippen LogP contribution in [0.1, 0.15) is 43.2 Å². The Morgan fingerprint density at radius 3 is 2.74 bits per heavy atom. The number of rotatable bonds is 2. The third-order valence-corrected chi connectivity index (χ3v) is 5.04. The molecular formula is C17H25NO. The lowest BCUT2D eigenvalue weighted by Crippen LogP contribution is -2.42. The van der Waals surface area contributed by atoms with E-state index in [1.165, 1.54) is 49.9 Å². The van der Waals surface area contributed by atoms with Gasteiger partial charge in [-0.1, -0.05) is 37.0 Å². The quantitative estimate of drug-likeness (QED) is 0.878. The third kappa shape index (κ3) is 2.64. The lowest BCUT2D eigenvalue weighted by atomic mass is 9.75. The Bertz CT molecular complexity index is 443. The molecular weight excluding hydrogens is 234 g/mol. The second kappa shape index (κ2) is 5.54. The number of anilines is 1. The fourth-order valence-corrected chi connectivity index (χ4v) is 3.97. The molecule has 0 radical (unpaired) electrons. The molecule has 1 saturated heterocycles. The number of aliphatic hydroxyl groups excluding tert-OH is 1. The van der Waals surface area contributed by atoms with Crippen molar-refractivity contribution in [1.29, 1.82) is 0 Å². The highest BCUT2D eigenvalue weighted by atomic mass is 16.3. The highest BCUT2D eigenvalue weighted by Crippen LogP contribution is 2.38. The van der Waals surface area contributed by atoms with Crippen molar-refractivity contribution in [2.45, 2.75) is 45.6 Å². The summed E-state index contributed by atoms with van der Waals surface area (Å²) in [5.74, 6) is 1.85. The van der Waals surface area contributed by atoms with Crippen LogP contribution in [0.2, 0.25) is 0 Å². The van der Waals surface area contributed by atoms with Crippen LogP contribution in [0.3, 0.4) is 0 Å². The van der Waals surface area contributed by atoms with Crippen LogP contribution >= 0.6 is 0 Å². The molecule has 2 heteroatoms. The molecule has 1 heterocycles. The number of nitrogens with zero attached hydrogens (tertiary/aromatic N) is 1. The van der Waals surface area contributed by atoms with Crippen LogP contribution in [-0.2, 0) is 6.61 Å². The number of fused-ring (bicyclic) bond motifs is 1. The summed E-state index contributed by atoms with van der Waals surface area (Å²) >= 11 is 0. The Balaban J connectivity index is 1.79. The maximum Gasteiger partial charge on any atom is 0.0702 e. The van der Waals surface area contributed by atoms with Crippen LogP contribution in [0.4, 0.5) is 5.69 Å². The summed E-state index contributed by atoms with van der Waals surface area (Å²) in [6.07, 6.45) is 7.04. The molecule has 0 aromatic heterocycles. The second-order valence-electron chi connectivity index (χ2n) is 6.33. The van der Waals surface area contributed by atoms with E-state index >= 15 is 0 Å². The van der Waals surface area contributed by atoms with Gasteiger partial charge in [0.2, 0.25) is 0 Å². The van der Waals surface area contributed by atoms with E-state index in [0.29, 0.717) is 0 Å². The molecule has 0 bridgehead atoms. The van der Waals surface area contributed by atoms with Crippen molar-refractivity contribution in [3.63, 3.8) is 0 Å².